The maximum absolute atomic E-state index is 12.9. The summed E-state index contributed by atoms with van der Waals surface area (Å²) < 4.78 is 6.68. The summed E-state index contributed by atoms with van der Waals surface area (Å²) in [6.07, 6.45) is 4.23. The Morgan fingerprint density at radius 1 is 1.39 bits per heavy atom. The first-order chi connectivity index (χ1) is 11.1. The second kappa shape index (κ2) is 6.31. The van der Waals surface area contributed by atoms with Gasteiger partial charge in [-0.3, -0.25) is 14.3 Å². The number of hydrogen-bond donors (Lipinski definition) is 0. The lowest BCUT2D eigenvalue weighted by molar-refractivity contribution is -0.146. The Morgan fingerprint density at radius 3 is 2.91 bits per heavy atom. The Labute approximate surface area is 136 Å². The minimum atomic E-state index is -0.403. The van der Waals surface area contributed by atoms with Crippen LogP contribution < -0.4 is 0 Å². The number of ether oxygens (including phenoxy) is 1. The predicted octanol–water partition coefficient (Wildman–Crippen LogP) is 0.521. The van der Waals surface area contributed by atoms with E-state index in [-0.39, 0.29) is 11.8 Å². The number of carbonyl (C=O) groups excluding carboxylic acids is 2. The topological polar surface area (TPSA) is 67.7 Å². The summed E-state index contributed by atoms with van der Waals surface area (Å²) >= 11 is 0. The number of aryl methyl sites for hydroxylation is 1. The molecule has 3 heterocycles. The molecule has 2 amide bonds. The molecule has 0 radical (unpaired) electrons. The molecule has 2 fully saturated rings. The van der Waals surface area contributed by atoms with Gasteiger partial charge in [-0.05, 0) is 25.3 Å². The van der Waals surface area contributed by atoms with E-state index < -0.39 is 5.41 Å². The summed E-state index contributed by atoms with van der Waals surface area (Å²) in [5.74, 6) is 0.143. The highest BCUT2D eigenvalue weighted by Gasteiger charge is 2.49. The number of piperidine rings is 1. The Bertz CT molecular complexity index is 600. The quantitative estimate of drug-likeness (QED) is 0.811. The van der Waals surface area contributed by atoms with Crippen LogP contribution in [0.25, 0.3) is 0 Å². The van der Waals surface area contributed by atoms with Crippen LogP contribution in [0, 0.1) is 5.41 Å². The van der Waals surface area contributed by atoms with Crippen molar-refractivity contribution in [2.75, 3.05) is 39.9 Å². The van der Waals surface area contributed by atoms with Gasteiger partial charge in [0.2, 0.25) is 5.91 Å². The van der Waals surface area contributed by atoms with Crippen LogP contribution in [-0.2, 0) is 16.6 Å². The molecule has 1 spiro atoms. The van der Waals surface area contributed by atoms with Crippen LogP contribution in [0.1, 0.15) is 29.8 Å². The number of methoxy groups -OCH3 is 1. The maximum atomic E-state index is 12.9. The highest BCUT2D eigenvalue weighted by Crippen LogP contribution is 2.40. The number of likely N-dealkylation sites (tertiary alicyclic amines) is 2. The van der Waals surface area contributed by atoms with Crippen LogP contribution in [0.2, 0.25) is 0 Å². The summed E-state index contributed by atoms with van der Waals surface area (Å²) in [6, 6.07) is 1.72. The SMILES string of the molecule is COCCN1CCCC2(CCN(C(=O)c3ccnn3C)C2)C1=O. The van der Waals surface area contributed by atoms with Gasteiger partial charge in [0.15, 0.2) is 0 Å². The number of aromatic nitrogens is 2. The fraction of sp³-hybridized carbons (Fsp3) is 0.688. The third-order valence-electron chi connectivity index (χ3n) is 5.07. The number of rotatable bonds is 4. The molecule has 3 rings (SSSR count). The molecule has 1 aromatic rings. The van der Waals surface area contributed by atoms with E-state index in [0.717, 1.165) is 25.8 Å². The zero-order valence-corrected chi connectivity index (χ0v) is 13.8. The Kier molecular flexibility index (Phi) is 4.39. The molecular formula is C16H24N4O3. The van der Waals surface area contributed by atoms with Gasteiger partial charge in [0.05, 0.1) is 12.0 Å². The molecule has 0 aromatic carbocycles. The Hall–Kier alpha value is -1.89. The molecule has 2 aliphatic rings. The van der Waals surface area contributed by atoms with Gasteiger partial charge in [0.1, 0.15) is 5.69 Å². The second-order valence-electron chi connectivity index (χ2n) is 6.49. The van der Waals surface area contributed by atoms with E-state index >= 15 is 0 Å². The van der Waals surface area contributed by atoms with Crippen molar-refractivity contribution in [3.8, 4) is 0 Å². The molecule has 23 heavy (non-hydrogen) atoms. The van der Waals surface area contributed by atoms with E-state index in [1.54, 1.807) is 36.0 Å². The van der Waals surface area contributed by atoms with Gasteiger partial charge in [0.25, 0.3) is 5.91 Å². The Balaban J connectivity index is 1.71. The molecule has 2 aliphatic heterocycles. The average molecular weight is 320 g/mol. The van der Waals surface area contributed by atoms with Gasteiger partial charge >= 0.3 is 0 Å². The molecule has 1 unspecified atom stereocenters. The van der Waals surface area contributed by atoms with Crippen molar-refractivity contribution in [1.29, 1.82) is 0 Å². The molecule has 2 saturated heterocycles. The normalized spacial score (nSPS) is 24.7. The summed E-state index contributed by atoms with van der Waals surface area (Å²) in [5, 5.41) is 4.05. The Morgan fingerprint density at radius 2 is 2.22 bits per heavy atom. The van der Waals surface area contributed by atoms with E-state index in [1.165, 1.54) is 0 Å². The van der Waals surface area contributed by atoms with Gasteiger partial charge in [-0.1, -0.05) is 0 Å². The van der Waals surface area contributed by atoms with Gasteiger partial charge < -0.3 is 14.5 Å². The summed E-state index contributed by atoms with van der Waals surface area (Å²) in [7, 11) is 3.41. The van der Waals surface area contributed by atoms with E-state index in [0.29, 0.717) is 31.9 Å². The maximum Gasteiger partial charge on any atom is 0.272 e. The third-order valence-corrected chi connectivity index (χ3v) is 5.07. The largest absolute Gasteiger partial charge is 0.383 e. The molecule has 0 aliphatic carbocycles. The van der Waals surface area contributed by atoms with Crippen LogP contribution in [-0.4, -0.2) is 71.3 Å². The van der Waals surface area contributed by atoms with Gasteiger partial charge in [-0.2, -0.15) is 5.10 Å². The van der Waals surface area contributed by atoms with Crippen LogP contribution in [0.3, 0.4) is 0 Å². The summed E-state index contributed by atoms with van der Waals surface area (Å²) in [6.45, 7) is 3.12. The molecule has 0 N–H and O–H groups in total. The third kappa shape index (κ3) is 2.85. The fourth-order valence-electron chi connectivity index (χ4n) is 3.74. The van der Waals surface area contributed by atoms with E-state index in [4.69, 9.17) is 4.74 Å². The average Bonchev–Trinajstić information content (AvgIpc) is 3.16. The van der Waals surface area contributed by atoms with Gasteiger partial charge in [-0.25, -0.2) is 0 Å². The van der Waals surface area contributed by atoms with Crippen molar-refractivity contribution in [3.63, 3.8) is 0 Å². The lowest BCUT2D eigenvalue weighted by atomic mass is 9.78. The summed E-state index contributed by atoms with van der Waals surface area (Å²) in [4.78, 5) is 29.2. The summed E-state index contributed by atoms with van der Waals surface area (Å²) in [5.41, 5.74) is 0.168. The van der Waals surface area contributed by atoms with Crippen LogP contribution in [0.5, 0.6) is 0 Å². The molecule has 0 bridgehead atoms. The number of nitrogens with zero attached hydrogens (tertiary/aromatic N) is 4. The molecular weight excluding hydrogens is 296 g/mol. The number of carbonyl (C=O) groups is 2. The highest BCUT2D eigenvalue weighted by atomic mass is 16.5. The minimum Gasteiger partial charge on any atom is -0.383 e. The molecule has 0 saturated carbocycles. The standard InChI is InChI=1S/C16H24N4O3/c1-18-13(4-7-17-18)14(21)20-9-6-16(12-20)5-3-8-19(15(16)22)10-11-23-2/h4,7H,3,5-6,8-12H2,1-2H3. The van der Waals surface area contributed by atoms with Gasteiger partial charge in [0, 0.05) is 46.5 Å². The first-order valence-corrected chi connectivity index (χ1v) is 8.13. The first-order valence-electron chi connectivity index (χ1n) is 8.13. The smallest absolute Gasteiger partial charge is 0.272 e. The van der Waals surface area contributed by atoms with Crippen molar-refractivity contribution in [1.82, 2.24) is 19.6 Å². The lowest BCUT2D eigenvalue weighted by Crippen LogP contribution is -2.51. The zero-order chi connectivity index (χ0) is 16.4. The number of hydrogen-bond acceptors (Lipinski definition) is 4. The van der Waals surface area contributed by atoms with Crippen LogP contribution >= 0.6 is 0 Å². The van der Waals surface area contributed by atoms with Crippen LogP contribution in [0.15, 0.2) is 12.3 Å². The second-order valence-corrected chi connectivity index (χ2v) is 6.49. The first kappa shape index (κ1) is 16.0. The van der Waals surface area contributed by atoms with Crippen LogP contribution in [0.4, 0.5) is 0 Å². The van der Waals surface area contributed by atoms with Crippen molar-refractivity contribution < 1.29 is 14.3 Å². The number of amides is 2. The van der Waals surface area contributed by atoms with Crippen molar-refractivity contribution in [3.05, 3.63) is 18.0 Å². The molecule has 7 heteroatoms. The molecule has 1 aromatic heterocycles. The van der Waals surface area contributed by atoms with Gasteiger partial charge in [-0.15, -0.1) is 0 Å². The van der Waals surface area contributed by atoms with E-state index in [2.05, 4.69) is 5.10 Å². The van der Waals surface area contributed by atoms with Crippen molar-refractivity contribution >= 4 is 11.8 Å². The predicted molar refractivity (Wildman–Crippen MR) is 83.9 cm³/mol. The highest BCUT2D eigenvalue weighted by molar-refractivity contribution is 5.94. The van der Waals surface area contributed by atoms with Crippen molar-refractivity contribution in [2.24, 2.45) is 12.5 Å². The monoisotopic (exact) mass is 320 g/mol. The molecule has 1 atom stereocenters. The molecule has 126 valence electrons. The van der Waals surface area contributed by atoms with E-state index in [1.807, 2.05) is 4.90 Å². The van der Waals surface area contributed by atoms with Crippen molar-refractivity contribution in [2.45, 2.75) is 19.3 Å². The zero-order valence-electron chi connectivity index (χ0n) is 13.8. The van der Waals surface area contributed by atoms with E-state index in [9.17, 15) is 9.59 Å². The lowest BCUT2D eigenvalue weighted by Gasteiger charge is -2.39. The fourth-order valence-corrected chi connectivity index (χ4v) is 3.74. The molecule has 7 nitrogen and oxygen atoms in total. The minimum absolute atomic E-state index is 0.0383.